The van der Waals surface area contributed by atoms with Gasteiger partial charge in [0, 0.05) is 25.1 Å². The molecule has 2 fully saturated rings. The Labute approximate surface area is 189 Å². The van der Waals surface area contributed by atoms with E-state index in [9.17, 15) is 14.7 Å². The zero-order valence-corrected chi connectivity index (χ0v) is 19.5. The van der Waals surface area contributed by atoms with Crippen LogP contribution in [-0.4, -0.2) is 40.7 Å². The molecule has 32 heavy (non-hydrogen) atoms. The summed E-state index contributed by atoms with van der Waals surface area (Å²) in [5.41, 5.74) is 1.34. The Kier molecular flexibility index (Phi) is 6.61. The van der Waals surface area contributed by atoms with Crippen molar-refractivity contribution in [2.24, 2.45) is 5.92 Å². The van der Waals surface area contributed by atoms with Crippen LogP contribution in [0.4, 0.5) is 0 Å². The largest absolute Gasteiger partial charge is 0.480 e. The van der Waals surface area contributed by atoms with Crippen molar-refractivity contribution in [2.75, 3.05) is 13.1 Å². The topological polar surface area (TPSA) is 80.0 Å². The Bertz CT molecular complexity index is 1040. The quantitative estimate of drug-likeness (QED) is 0.674. The van der Waals surface area contributed by atoms with Gasteiger partial charge in [0.15, 0.2) is 6.10 Å². The first kappa shape index (κ1) is 22.8. The van der Waals surface area contributed by atoms with E-state index in [1.165, 1.54) is 0 Å². The highest BCUT2D eigenvalue weighted by molar-refractivity contribution is 5.88. The van der Waals surface area contributed by atoms with Crippen LogP contribution in [0.25, 0.3) is 11.0 Å². The first-order valence-electron chi connectivity index (χ1n) is 12.1. The van der Waals surface area contributed by atoms with Crippen molar-refractivity contribution in [3.8, 4) is 5.75 Å². The van der Waals surface area contributed by atoms with Gasteiger partial charge in [0.25, 0.3) is 5.91 Å². The molecule has 4 rings (SSSR count). The number of carbonyl (C=O) groups is 1. The predicted molar refractivity (Wildman–Crippen MR) is 124 cm³/mol. The molecule has 1 aliphatic heterocycles. The van der Waals surface area contributed by atoms with Crippen LogP contribution in [0.3, 0.4) is 0 Å². The maximum atomic E-state index is 13.3. The summed E-state index contributed by atoms with van der Waals surface area (Å²) in [6, 6.07) is 5.30. The van der Waals surface area contributed by atoms with Gasteiger partial charge < -0.3 is 19.2 Å². The average molecular weight is 442 g/mol. The van der Waals surface area contributed by atoms with E-state index in [-0.39, 0.29) is 17.5 Å². The highest BCUT2D eigenvalue weighted by atomic mass is 16.5. The monoisotopic (exact) mass is 441 g/mol. The number of piperidine rings is 1. The fraction of sp³-hybridized carbons (Fsp3) is 0.615. The molecule has 0 radical (unpaired) electrons. The van der Waals surface area contributed by atoms with E-state index in [0.717, 1.165) is 61.5 Å². The van der Waals surface area contributed by atoms with E-state index >= 15 is 0 Å². The van der Waals surface area contributed by atoms with Crippen LogP contribution in [0.2, 0.25) is 0 Å². The minimum absolute atomic E-state index is 0.0558. The molecule has 174 valence electrons. The van der Waals surface area contributed by atoms with Crippen LogP contribution >= 0.6 is 0 Å². The lowest BCUT2D eigenvalue weighted by Gasteiger charge is -2.47. The third kappa shape index (κ3) is 4.56. The van der Waals surface area contributed by atoms with Gasteiger partial charge in [-0.15, -0.1) is 0 Å². The molecule has 6 nitrogen and oxygen atoms in total. The van der Waals surface area contributed by atoms with Gasteiger partial charge in [0.05, 0.1) is 11.0 Å². The number of ether oxygens (including phenoxy) is 1. The summed E-state index contributed by atoms with van der Waals surface area (Å²) in [5, 5.41) is 11.7. The molecule has 1 saturated heterocycles. The van der Waals surface area contributed by atoms with Crippen molar-refractivity contribution in [2.45, 2.75) is 83.8 Å². The van der Waals surface area contributed by atoms with E-state index in [1.807, 2.05) is 24.0 Å². The number of unbranched alkanes of at least 4 members (excludes halogenated alkanes) is 1. The van der Waals surface area contributed by atoms with Crippen LogP contribution in [-0.2, 0) is 11.2 Å². The highest BCUT2D eigenvalue weighted by Gasteiger charge is 2.44. The van der Waals surface area contributed by atoms with E-state index in [4.69, 9.17) is 9.15 Å². The highest BCUT2D eigenvalue weighted by Crippen LogP contribution is 2.40. The lowest BCUT2D eigenvalue weighted by atomic mass is 9.71. The summed E-state index contributed by atoms with van der Waals surface area (Å²) in [4.78, 5) is 27.2. The van der Waals surface area contributed by atoms with Gasteiger partial charge in [-0.25, -0.2) is 4.79 Å². The van der Waals surface area contributed by atoms with Crippen molar-refractivity contribution in [1.82, 2.24) is 4.90 Å². The minimum Gasteiger partial charge on any atom is -0.480 e. The molecule has 1 N–H and O–H groups in total. The Morgan fingerprint density at radius 2 is 2.12 bits per heavy atom. The number of fused-ring (bicyclic) bond motifs is 2. The molecular formula is C26H35NO5. The normalized spacial score (nSPS) is 24.2. The number of hydrogen-bond donors (Lipinski definition) is 1. The molecular weight excluding hydrogens is 406 g/mol. The number of nitrogens with zero attached hydrogens (tertiary/aromatic N) is 1. The molecule has 1 saturated carbocycles. The fourth-order valence-corrected chi connectivity index (χ4v) is 5.40. The minimum atomic E-state index is -0.666. The van der Waals surface area contributed by atoms with Crippen molar-refractivity contribution in [3.05, 3.63) is 39.7 Å². The molecule has 0 bridgehead atoms. The third-order valence-electron chi connectivity index (χ3n) is 7.22. The molecule has 0 spiro atoms. The van der Waals surface area contributed by atoms with Crippen molar-refractivity contribution in [3.63, 3.8) is 0 Å². The summed E-state index contributed by atoms with van der Waals surface area (Å²) in [6.07, 6.45) is 6.69. The summed E-state index contributed by atoms with van der Waals surface area (Å²) in [7, 11) is 0. The summed E-state index contributed by atoms with van der Waals surface area (Å²) < 4.78 is 11.7. The van der Waals surface area contributed by atoms with Crippen LogP contribution in [0, 0.1) is 12.8 Å². The molecule has 3 atom stereocenters. The smallest absolute Gasteiger partial charge is 0.336 e. The van der Waals surface area contributed by atoms with Crippen LogP contribution in [0.15, 0.2) is 27.4 Å². The molecule has 2 aliphatic rings. The van der Waals surface area contributed by atoms with Crippen molar-refractivity contribution < 1.29 is 19.1 Å². The van der Waals surface area contributed by atoms with Gasteiger partial charge in [0.2, 0.25) is 0 Å². The molecule has 1 aromatic carbocycles. The number of aliphatic hydroxyl groups is 1. The predicted octanol–water partition coefficient (Wildman–Crippen LogP) is 4.36. The standard InChI is InChI=1S/C26H35NO5/c1-4-5-8-19-15-23(28)32-22-14-17(2)13-21(24(19)22)31-18(3)25(29)27-12-11-26(30)10-7-6-9-20(26)16-27/h13-15,18,20,30H,4-12,16H2,1-3H3/t18-,20+,26+/m1/s1. The summed E-state index contributed by atoms with van der Waals surface area (Å²) in [5.74, 6) is 0.678. The van der Waals surface area contributed by atoms with Crippen molar-refractivity contribution >= 4 is 16.9 Å². The van der Waals surface area contributed by atoms with Crippen LogP contribution in [0.1, 0.15) is 69.9 Å². The Hall–Kier alpha value is -2.34. The number of carbonyl (C=O) groups excluding carboxylic acids is 1. The third-order valence-corrected chi connectivity index (χ3v) is 7.22. The van der Waals surface area contributed by atoms with E-state index in [1.54, 1.807) is 13.0 Å². The SMILES string of the molecule is CCCCc1cc(=O)oc2cc(C)cc(O[C@H](C)C(=O)N3CC[C@@]4(O)CCCC[C@H]4C3)c12. The lowest BCUT2D eigenvalue weighted by Crippen LogP contribution is -2.56. The van der Waals surface area contributed by atoms with Gasteiger partial charge in [-0.2, -0.15) is 0 Å². The Morgan fingerprint density at radius 1 is 1.31 bits per heavy atom. The average Bonchev–Trinajstić information content (AvgIpc) is 2.75. The van der Waals surface area contributed by atoms with E-state index in [0.29, 0.717) is 30.8 Å². The molecule has 1 aromatic heterocycles. The zero-order chi connectivity index (χ0) is 22.9. The lowest BCUT2D eigenvalue weighted by molar-refractivity contribution is -0.149. The maximum Gasteiger partial charge on any atom is 0.336 e. The number of amides is 1. The second-order valence-corrected chi connectivity index (χ2v) is 9.67. The van der Waals surface area contributed by atoms with E-state index in [2.05, 4.69) is 6.92 Å². The van der Waals surface area contributed by atoms with E-state index < -0.39 is 11.7 Å². The number of hydrogen-bond acceptors (Lipinski definition) is 5. The number of benzene rings is 1. The summed E-state index contributed by atoms with van der Waals surface area (Å²) in [6.45, 7) is 6.97. The van der Waals surface area contributed by atoms with Crippen LogP contribution < -0.4 is 10.4 Å². The zero-order valence-electron chi connectivity index (χ0n) is 19.5. The summed E-state index contributed by atoms with van der Waals surface area (Å²) >= 11 is 0. The van der Waals surface area contributed by atoms with Gasteiger partial charge in [0.1, 0.15) is 11.3 Å². The van der Waals surface area contributed by atoms with Gasteiger partial charge in [-0.1, -0.05) is 26.2 Å². The fourth-order valence-electron chi connectivity index (χ4n) is 5.40. The van der Waals surface area contributed by atoms with Gasteiger partial charge in [-0.05, 0) is 69.2 Å². The second kappa shape index (κ2) is 9.26. The molecule has 2 aromatic rings. The molecule has 0 unspecified atom stereocenters. The molecule has 2 heterocycles. The van der Waals surface area contributed by atoms with Crippen molar-refractivity contribution in [1.29, 1.82) is 0 Å². The first-order chi connectivity index (χ1) is 15.3. The second-order valence-electron chi connectivity index (χ2n) is 9.67. The Morgan fingerprint density at radius 3 is 2.91 bits per heavy atom. The number of rotatable bonds is 6. The molecule has 1 aliphatic carbocycles. The first-order valence-corrected chi connectivity index (χ1v) is 12.1. The maximum absolute atomic E-state index is 13.3. The Balaban J connectivity index is 1.57. The van der Waals surface area contributed by atoms with Gasteiger partial charge >= 0.3 is 5.63 Å². The molecule has 1 amide bonds. The number of likely N-dealkylation sites (tertiary alicyclic amines) is 1. The van der Waals surface area contributed by atoms with Gasteiger partial charge in [-0.3, -0.25) is 4.79 Å². The van der Waals surface area contributed by atoms with Crippen LogP contribution in [0.5, 0.6) is 5.75 Å². The molecule has 6 heteroatoms. The number of aryl methyl sites for hydroxylation is 2.